The summed E-state index contributed by atoms with van der Waals surface area (Å²) in [6.45, 7) is 11.8. The van der Waals surface area contributed by atoms with Crippen molar-refractivity contribution in [1.82, 2.24) is 0 Å². The average molecular weight is 255 g/mol. The molecular formula is C18H38. The Morgan fingerprint density at radius 1 is 0.667 bits per heavy atom. The minimum absolute atomic E-state index is 0.875. The van der Waals surface area contributed by atoms with Crippen molar-refractivity contribution in [2.75, 3.05) is 0 Å². The molecule has 0 aromatic rings. The summed E-state index contributed by atoms with van der Waals surface area (Å²) in [7, 11) is 0. The molecule has 110 valence electrons. The fourth-order valence-electron chi connectivity index (χ4n) is 3.23. The highest BCUT2D eigenvalue weighted by atomic mass is 14.2. The van der Waals surface area contributed by atoms with Crippen LogP contribution in [0.5, 0.6) is 0 Å². The third-order valence-corrected chi connectivity index (χ3v) is 4.21. The molecular weight excluding hydrogens is 216 g/mol. The summed E-state index contributed by atoms with van der Waals surface area (Å²) in [4.78, 5) is 0. The van der Waals surface area contributed by atoms with Crippen molar-refractivity contribution >= 4 is 0 Å². The lowest BCUT2D eigenvalue weighted by Gasteiger charge is -2.24. The molecule has 0 spiro atoms. The van der Waals surface area contributed by atoms with Crippen LogP contribution >= 0.6 is 0 Å². The van der Waals surface area contributed by atoms with Crippen molar-refractivity contribution < 1.29 is 0 Å². The standard InChI is InChI=1S/C18H38/c1-6-9-10-11-13-18(14-16(4)5)15-17(8-3)12-7-2/h16-18H,6-15H2,1-5H3. The molecule has 0 bridgehead atoms. The maximum atomic E-state index is 2.39. The highest BCUT2D eigenvalue weighted by molar-refractivity contribution is 4.68. The summed E-state index contributed by atoms with van der Waals surface area (Å²) in [5.74, 6) is 2.86. The van der Waals surface area contributed by atoms with Crippen molar-refractivity contribution in [3.05, 3.63) is 0 Å². The number of rotatable bonds is 12. The van der Waals surface area contributed by atoms with Gasteiger partial charge in [0.05, 0.1) is 0 Å². The van der Waals surface area contributed by atoms with E-state index in [-0.39, 0.29) is 0 Å². The molecule has 0 nitrogen and oxygen atoms in total. The van der Waals surface area contributed by atoms with Gasteiger partial charge in [-0.3, -0.25) is 0 Å². The van der Waals surface area contributed by atoms with Crippen LogP contribution in [0.25, 0.3) is 0 Å². The molecule has 0 radical (unpaired) electrons. The van der Waals surface area contributed by atoms with Crippen molar-refractivity contribution in [2.24, 2.45) is 17.8 Å². The molecule has 0 aliphatic carbocycles. The molecule has 0 saturated heterocycles. The topological polar surface area (TPSA) is 0 Å². The van der Waals surface area contributed by atoms with E-state index >= 15 is 0 Å². The van der Waals surface area contributed by atoms with E-state index in [9.17, 15) is 0 Å². The molecule has 0 aliphatic rings. The lowest BCUT2D eigenvalue weighted by molar-refractivity contribution is 0.281. The van der Waals surface area contributed by atoms with Gasteiger partial charge in [-0.05, 0) is 30.6 Å². The van der Waals surface area contributed by atoms with Gasteiger partial charge in [-0.25, -0.2) is 0 Å². The van der Waals surface area contributed by atoms with Gasteiger partial charge >= 0.3 is 0 Å². The molecule has 2 atom stereocenters. The molecule has 0 amide bonds. The Hall–Kier alpha value is 0. The maximum absolute atomic E-state index is 2.39. The van der Waals surface area contributed by atoms with Crippen molar-refractivity contribution in [1.29, 1.82) is 0 Å². The van der Waals surface area contributed by atoms with E-state index in [1.54, 1.807) is 0 Å². The van der Waals surface area contributed by atoms with Crippen molar-refractivity contribution in [3.8, 4) is 0 Å². The summed E-state index contributed by atoms with van der Waals surface area (Å²) in [6.07, 6.45) is 14.3. The van der Waals surface area contributed by atoms with Crippen LogP contribution in [0.4, 0.5) is 0 Å². The Kier molecular flexibility index (Phi) is 12.1. The second kappa shape index (κ2) is 12.1. The Labute approximate surface area is 117 Å². The van der Waals surface area contributed by atoms with Crippen molar-refractivity contribution in [3.63, 3.8) is 0 Å². The summed E-state index contributed by atoms with van der Waals surface area (Å²) in [5, 5.41) is 0. The van der Waals surface area contributed by atoms with Gasteiger partial charge in [0.25, 0.3) is 0 Å². The second-order valence-electron chi connectivity index (χ2n) is 6.64. The monoisotopic (exact) mass is 254 g/mol. The first kappa shape index (κ1) is 18.0. The molecule has 0 aliphatic heterocycles. The van der Waals surface area contributed by atoms with E-state index in [1.165, 1.54) is 64.2 Å². The summed E-state index contributed by atoms with van der Waals surface area (Å²) in [6, 6.07) is 0. The number of hydrogen-bond acceptors (Lipinski definition) is 0. The highest BCUT2D eigenvalue weighted by Crippen LogP contribution is 2.29. The molecule has 0 rings (SSSR count). The Balaban J connectivity index is 4.03. The largest absolute Gasteiger partial charge is 0.0654 e. The predicted octanol–water partition coefficient (Wildman–Crippen LogP) is 6.84. The lowest BCUT2D eigenvalue weighted by atomic mass is 9.82. The third-order valence-electron chi connectivity index (χ3n) is 4.21. The molecule has 0 aromatic carbocycles. The molecule has 0 aromatic heterocycles. The Bertz CT molecular complexity index is 159. The van der Waals surface area contributed by atoms with Gasteiger partial charge < -0.3 is 0 Å². The quantitative estimate of drug-likeness (QED) is 0.335. The van der Waals surface area contributed by atoms with E-state index in [0.29, 0.717) is 0 Å². The molecule has 0 heterocycles. The van der Waals surface area contributed by atoms with E-state index in [2.05, 4.69) is 34.6 Å². The maximum Gasteiger partial charge on any atom is -0.0409 e. The van der Waals surface area contributed by atoms with Crippen LogP contribution in [0.3, 0.4) is 0 Å². The van der Waals surface area contributed by atoms with Gasteiger partial charge in [0.1, 0.15) is 0 Å². The Morgan fingerprint density at radius 3 is 1.89 bits per heavy atom. The van der Waals surface area contributed by atoms with Crippen LogP contribution in [0, 0.1) is 17.8 Å². The molecule has 0 fully saturated rings. The fraction of sp³-hybridized carbons (Fsp3) is 1.00. The van der Waals surface area contributed by atoms with Crippen molar-refractivity contribution in [2.45, 2.75) is 98.8 Å². The average Bonchev–Trinajstić information content (AvgIpc) is 2.33. The smallest absolute Gasteiger partial charge is 0.0409 e. The van der Waals surface area contributed by atoms with Crippen LogP contribution in [0.2, 0.25) is 0 Å². The van der Waals surface area contributed by atoms with E-state index in [0.717, 1.165) is 17.8 Å². The van der Waals surface area contributed by atoms with Crippen LogP contribution in [-0.2, 0) is 0 Å². The molecule has 0 heteroatoms. The van der Waals surface area contributed by atoms with Gasteiger partial charge in [-0.15, -0.1) is 0 Å². The first-order valence-electron chi connectivity index (χ1n) is 8.63. The SMILES string of the molecule is CCCCCCC(CC(C)C)CC(CC)CCC. The van der Waals surface area contributed by atoms with E-state index < -0.39 is 0 Å². The third kappa shape index (κ3) is 9.97. The predicted molar refractivity (Wildman–Crippen MR) is 85.0 cm³/mol. The van der Waals surface area contributed by atoms with Crippen LogP contribution < -0.4 is 0 Å². The van der Waals surface area contributed by atoms with Gasteiger partial charge in [-0.2, -0.15) is 0 Å². The van der Waals surface area contributed by atoms with E-state index in [1.807, 2.05) is 0 Å². The fourth-order valence-corrected chi connectivity index (χ4v) is 3.23. The summed E-state index contributed by atoms with van der Waals surface area (Å²) >= 11 is 0. The van der Waals surface area contributed by atoms with Gasteiger partial charge in [-0.1, -0.05) is 86.0 Å². The number of unbranched alkanes of at least 4 members (excludes halogenated alkanes) is 3. The minimum Gasteiger partial charge on any atom is -0.0654 e. The first-order chi connectivity index (χ1) is 8.63. The normalized spacial score (nSPS) is 15.0. The Morgan fingerprint density at radius 2 is 1.39 bits per heavy atom. The molecule has 0 N–H and O–H groups in total. The molecule has 0 saturated carbocycles. The van der Waals surface area contributed by atoms with Crippen LogP contribution in [0.15, 0.2) is 0 Å². The van der Waals surface area contributed by atoms with Gasteiger partial charge in [0.15, 0.2) is 0 Å². The zero-order valence-corrected chi connectivity index (χ0v) is 13.8. The zero-order chi connectivity index (χ0) is 13.8. The van der Waals surface area contributed by atoms with Crippen LogP contribution in [-0.4, -0.2) is 0 Å². The molecule has 18 heavy (non-hydrogen) atoms. The summed E-state index contributed by atoms with van der Waals surface area (Å²) in [5.41, 5.74) is 0. The van der Waals surface area contributed by atoms with E-state index in [4.69, 9.17) is 0 Å². The first-order valence-corrected chi connectivity index (χ1v) is 8.63. The van der Waals surface area contributed by atoms with Gasteiger partial charge in [0.2, 0.25) is 0 Å². The zero-order valence-electron chi connectivity index (χ0n) is 13.8. The lowest BCUT2D eigenvalue weighted by Crippen LogP contribution is -2.11. The second-order valence-corrected chi connectivity index (χ2v) is 6.64. The molecule has 2 unspecified atom stereocenters. The highest BCUT2D eigenvalue weighted by Gasteiger charge is 2.16. The van der Waals surface area contributed by atoms with Gasteiger partial charge in [0, 0.05) is 0 Å². The number of hydrogen-bond donors (Lipinski definition) is 0. The summed E-state index contributed by atoms with van der Waals surface area (Å²) < 4.78 is 0. The minimum atomic E-state index is 0.875. The van der Waals surface area contributed by atoms with Crippen LogP contribution in [0.1, 0.15) is 98.8 Å².